The highest BCUT2D eigenvalue weighted by molar-refractivity contribution is 4.82. The van der Waals surface area contributed by atoms with Gasteiger partial charge >= 0.3 is 0 Å². The van der Waals surface area contributed by atoms with Gasteiger partial charge in [-0.1, -0.05) is 6.92 Å². The Hall–Kier alpha value is -0.120. The molecule has 2 fully saturated rings. The Morgan fingerprint density at radius 3 is 2.44 bits per heavy atom. The van der Waals surface area contributed by atoms with Crippen LogP contribution >= 0.6 is 0 Å². The van der Waals surface area contributed by atoms with E-state index in [-0.39, 0.29) is 0 Å². The normalized spacial score (nSPS) is 40.9. The van der Waals surface area contributed by atoms with Gasteiger partial charge in [-0.25, -0.2) is 0 Å². The lowest BCUT2D eigenvalue weighted by Crippen LogP contribution is -2.47. The minimum atomic E-state index is 0.424. The summed E-state index contributed by atoms with van der Waals surface area (Å²) in [6, 6.07) is 1.32. The van der Waals surface area contributed by atoms with Crippen molar-refractivity contribution in [3.63, 3.8) is 0 Å². The number of hydrogen-bond acceptors (Lipinski definition) is 3. The largest absolute Gasteiger partial charge is 0.378 e. The fourth-order valence-corrected chi connectivity index (χ4v) is 2.80. The van der Waals surface area contributed by atoms with E-state index in [4.69, 9.17) is 9.47 Å². The number of nitrogens with one attached hydrogen (secondary N) is 1. The van der Waals surface area contributed by atoms with Gasteiger partial charge in [0.2, 0.25) is 0 Å². The van der Waals surface area contributed by atoms with Gasteiger partial charge in [-0.15, -0.1) is 0 Å². The molecule has 1 N–H and O–H groups in total. The van der Waals surface area contributed by atoms with Crippen LogP contribution in [0.1, 0.15) is 46.0 Å². The molecular formula is C13H25NO2. The zero-order chi connectivity index (χ0) is 11.4. The molecule has 94 valence electrons. The Labute approximate surface area is 98.9 Å². The first-order valence-electron chi connectivity index (χ1n) is 6.77. The van der Waals surface area contributed by atoms with E-state index in [0.29, 0.717) is 24.3 Å². The van der Waals surface area contributed by atoms with Crippen LogP contribution in [0.2, 0.25) is 0 Å². The zero-order valence-corrected chi connectivity index (χ0v) is 10.6. The predicted molar refractivity (Wildman–Crippen MR) is 64.6 cm³/mol. The molecule has 2 rings (SSSR count). The fourth-order valence-electron chi connectivity index (χ4n) is 2.80. The third kappa shape index (κ3) is 3.44. The van der Waals surface area contributed by atoms with E-state index >= 15 is 0 Å². The second-order valence-corrected chi connectivity index (χ2v) is 5.19. The molecule has 2 aliphatic rings. The van der Waals surface area contributed by atoms with Crippen LogP contribution < -0.4 is 5.32 Å². The standard InChI is InChI=1S/C13H25NO2/c1-3-13-9-12(5-7-16-13)14-11-4-6-15-10(2)8-11/h10-14H,3-9H2,1-2H3. The zero-order valence-electron chi connectivity index (χ0n) is 10.6. The maximum Gasteiger partial charge on any atom is 0.0587 e. The molecule has 0 spiro atoms. The van der Waals surface area contributed by atoms with Gasteiger partial charge in [0.25, 0.3) is 0 Å². The lowest BCUT2D eigenvalue weighted by atomic mass is 9.97. The molecule has 2 saturated heterocycles. The molecule has 2 heterocycles. The summed E-state index contributed by atoms with van der Waals surface area (Å²) < 4.78 is 11.3. The van der Waals surface area contributed by atoms with Gasteiger partial charge in [0, 0.05) is 25.3 Å². The van der Waals surface area contributed by atoms with Gasteiger partial charge in [0.05, 0.1) is 12.2 Å². The van der Waals surface area contributed by atoms with Gasteiger partial charge in [0.1, 0.15) is 0 Å². The molecule has 0 radical (unpaired) electrons. The smallest absolute Gasteiger partial charge is 0.0587 e. The van der Waals surface area contributed by atoms with Gasteiger partial charge in [-0.3, -0.25) is 0 Å². The second kappa shape index (κ2) is 5.99. The van der Waals surface area contributed by atoms with Gasteiger partial charge in [-0.2, -0.15) is 0 Å². The second-order valence-electron chi connectivity index (χ2n) is 5.19. The third-order valence-electron chi connectivity index (χ3n) is 3.78. The molecule has 0 aromatic heterocycles. The Kier molecular flexibility index (Phi) is 4.62. The molecular weight excluding hydrogens is 202 g/mol. The van der Waals surface area contributed by atoms with E-state index in [1.807, 2.05) is 0 Å². The van der Waals surface area contributed by atoms with Crippen molar-refractivity contribution in [2.45, 2.75) is 70.2 Å². The van der Waals surface area contributed by atoms with E-state index in [1.165, 1.54) is 19.3 Å². The summed E-state index contributed by atoms with van der Waals surface area (Å²) in [5, 5.41) is 3.79. The lowest BCUT2D eigenvalue weighted by Gasteiger charge is -2.35. The molecule has 16 heavy (non-hydrogen) atoms. The Morgan fingerprint density at radius 2 is 1.75 bits per heavy atom. The molecule has 3 nitrogen and oxygen atoms in total. The van der Waals surface area contributed by atoms with E-state index in [1.54, 1.807) is 0 Å². The Bertz CT molecular complexity index is 210. The van der Waals surface area contributed by atoms with Crippen molar-refractivity contribution in [3.05, 3.63) is 0 Å². The average molecular weight is 227 g/mol. The highest BCUT2D eigenvalue weighted by Crippen LogP contribution is 2.20. The van der Waals surface area contributed by atoms with E-state index in [2.05, 4.69) is 19.2 Å². The van der Waals surface area contributed by atoms with Crippen LogP contribution in [0.5, 0.6) is 0 Å². The monoisotopic (exact) mass is 227 g/mol. The Morgan fingerprint density at radius 1 is 1.06 bits per heavy atom. The van der Waals surface area contributed by atoms with Crippen LogP contribution in [0.15, 0.2) is 0 Å². The highest BCUT2D eigenvalue weighted by atomic mass is 16.5. The van der Waals surface area contributed by atoms with Crippen molar-refractivity contribution in [3.8, 4) is 0 Å². The van der Waals surface area contributed by atoms with E-state index in [0.717, 1.165) is 26.1 Å². The minimum absolute atomic E-state index is 0.424. The van der Waals surface area contributed by atoms with Crippen molar-refractivity contribution in [2.75, 3.05) is 13.2 Å². The van der Waals surface area contributed by atoms with Crippen molar-refractivity contribution in [1.29, 1.82) is 0 Å². The van der Waals surface area contributed by atoms with Crippen LogP contribution in [-0.2, 0) is 9.47 Å². The van der Waals surface area contributed by atoms with Crippen LogP contribution in [0.4, 0.5) is 0 Å². The fraction of sp³-hybridized carbons (Fsp3) is 1.00. The van der Waals surface area contributed by atoms with Crippen molar-refractivity contribution in [1.82, 2.24) is 5.32 Å². The van der Waals surface area contributed by atoms with Crippen LogP contribution in [0.3, 0.4) is 0 Å². The van der Waals surface area contributed by atoms with Crippen LogP contribution in [-0.4, -0.2) is 37.5 Å². The first-order valence-corrected chi connectivity index (χ1v) is 6.77. The summed E-state index contributed by atoms with van der Waals surface area (Å²) >= 11 is 0. The van der Waals surface area contributed by atoms with Crippen molar-refractivity contribution >= 4 is 0 Å². The van der Waals surface area contributed by atoms with Gasteiger partial charge in [0.15, 0.2) is 0 Å². The average Bonchev–Trinajstić information content (AvgIpc) is 2.29. The van der Waals surface area contributed by atoms with E-state index < -0.39 is 0 Å². The molecule has 3 heteroatoms. The van der Waals surface area contributed by atoms with Crippen molar-refractivity contribution in [2.24, 2.45) is 0 Å². The molecule has 0 aromatic rings. The summed E-state index contributed by atoms with van der Waals surface area (Å²) in [6.07, 6.45) is 6.72. The molecule has 0 aliphatic carbocycles. The topological polar surface area (TPSA) is 30.5 Å². The van der Waals surface area contributed by atoms with Crippen LogP contribution in [0, 0.1) is 0 Å². The van der Waals surface area contributed by atoms with Crippen LogP contribution in [0.25, 0.3) is 0 Å². The molecule has 0 amide bonds. The van der Waals surface area contributed by atoms with E-state index in [9.17, 15) is 0 Å². The maximum absolute atomic E-state index is 5.70. The van der Waals surface area contributed by atoms with Crippen molar-refractivity contribution < 1.29 is 9.47 Å². The SMILES string of the molecule is CCC1CC(NC2CCOC(C)C2)CCO1. The maximum atomic E-state index is 5.70. The Balaban J connectivity index is 1.75. The number of rotatable bonds is 3. The lowest BCUT2D eigenvalue weighted by molar-refractivity contribution is -0.0157. The molecule has 0 bridgehead atoms. The minimum Gasteiger partial charge on any atom is -0.378 e. The molecule has 0 aromatic carbocycles. The molecule has 2 aliphatic heterocycles. The quantitative estimate of drug-likeness (QED) is 0.801. The summed E-state index contributed by atoms with van der Waals surface area (Å²) in [5.74, 6) is 0. The molecule has 4 atom stereocenters. The number of hydrogen-bond donors (Lipinski definition) is 1. The third-order valence-corrected chi connectivity index (χ3v) is 3.78. The molecule has 4 unspecified atom stereocenters. The summed E-state index contributed by atoms with van der Waals surface area (Å²) in [7, 11) is 0. The summed E-state index contributed by atoms with van der Waals surface area (Å²) in [4.78, 5) is 0. The van der Waals surface area contributed by atoms with Gasteiger partial charge in [-0.05, 0) is 39.0 Å². The first-order chi connectivity index (χ1) is 7.78. The number of ether oxygens (including phenoxy) is 2. The summed E-state index contributed by atoms with van der Waals surface area (Å²) in [5.41, 5.74) is 0. The molecule has 0 saturated carbocycles. The van der Waals surface area contributed by atoms with Gasteiger partial charge < -0.3 is 14.8 Å². The predicted octanol–water partition coefficient (Wildman–Crippen LogP) is 2.10. The first kappa shape index (κ1) is 12.3. The summed E-state index contributed by atoms with van der Waals surface area (Å²) in [6.45, 7) is 6.23. The highest BCUT2D eigenvalue weighted by Gasteiger charge is 2.26.